The van der Waals surface area contributed by atoms with E-state index in [0.717, 1.165) is 25.9 Å². The molecule has 0 radical (unpaired) electrons. The van der Waals surface area contributed by atoms with Crippen LogP contribution in [0.25, 0.3) is 0 Å². The predicted octanol–water partition coefficient (Wildman–Crippen LogP) is 1.40. The standard InChI is InChI=1S/C10H15N3O2/c1-12-8-5-9(11-12)15-10(14)13-6-3-2-4-7-13/h5,8H,2-4,6-7H2,1H3. The largest absolute Gasteiger partial charge is 0.416 e. The van der Waals surface area contributed by atoms with Crippen LogP contribution in [-0.2, 0) is 7.05 Å². The minimum atomic E-state index is -0.284. The van der Waals surface area contributed by atoms with E-state index in [-0.39, 0.29) is 6.09 Å². The average Bonchev–Trinajstić information content (AvgIpc) is 2.65. The van der Waals surface area contributed by atoms with Crippen LogP contribution in [-0.4, -0.2) is 33.9 Å². The topological polar surface area (TPSA) is 47.4 Å². The summed E-state index contributed by atoms with van der Waals surface area (Å²) in [7, 11) is 1.79. The molecule has 2 heterocycles. The Hall–Kier alpha value is -1.52. The number of aryl methyl sites for hydroxylation is 1. The van der Waals surface area contributed by atoms with Crippen molar-refractivity contribution in [3.63, 3.8) is 0 Å². The molecule has 0 aliphatic carbocycles. The molecule has 0 unspecified atom stereocenters. The van der Waals surface area contributed by atoms with Gasteiger partial charge in [0.1, 0.15) is 0 Å². The van der Waals surface area contributed by atoms with E-state index in [1.807, 2.05) is 0 Å². The molecule has 1 aromatic heterocycles. The quantitative estimate of drug-likeness (QED) is 0.702. The van der Waals surface area contributed by atoms with Gasteiger partial charge >= 0.3 is 6.09 Å². The molecule has 5 heteroatoms. The molecule has 5 nitrogen and oxygen atoms in total. The molecule has 82 valence electrons. The van der Waals surface area contributed by atoms with Gasteiger partial charge in [-0.2, -0.15) is 0 Å². The van der Waals surface area contributed by atoms with Gasteiger partial charge in [-0.1, -0.05) is 0 Å². The van der Waals surface area contributed by atoms with Crippen LogP contribution in [0, 0.1) is 0 Å². The molecule has 0 atom stereocenters. The van der Waals surface area contributed by atoms with Gasteiger partial charge in [0, 0.05) is 32.4 Å². The Morgan fingerprint density at radius 3 is 2.73 bits per heavy atom. The second-order valence-electron chi connectivity index (χ2n) is 3.74. The van der Waals surface area contributed by atoms with Crippen molar-refractivity contribution in [2.24, 2.45) is 7.05 Å². The number of nitrogens with zero attached hydrogens (tertiary/aromatic N) is 3. The van der Waals surface area contributed by atoms with Gasteiger partial charge in [0.2, 0.25) is 5.88 Å². The summed E-state index contributed by atoms with van der Waals surface area (Å²) in [6.07, 6.45) is 4.80. The van der Waals surface area contributed by atoms with Crippen molar-refractivity contribution >= 4 is 6.09 Å². The number of ether oxygens (including phenoxy) is 1. The summed E-state index contributed by atoms with van der Waals surface area (Å²) in [5.41, 5.74) is 0. The number of rotatable bonds is 1. The lowest BCUT2D eigenvalue weighted by molar-refractivity contribution is 0.140. The Balaban J connectivity index is 1.91. The van der Waals surface area contributed by atoms with Gasteiger partial charge in [-0.05, 0) is 19.3 Å². The van der Waals surface area contributed by atoms with Crippen LogP contribution in [0.2, 0.25) is 0 Å². The Labute approximate surface area is 88.6 Å². The van der Waals surface area contributed by atoms with Crippen molar-refractivity contribution in [2.45, 2.75) is 19.3 Å². The highest BCUT2D eigenvalue weighted by Crippen LogP contribution is 2.12. The third kappa shape index (κ3) is 2.49. The lowest BCUT2D eigenvalue weighted by Gasteiger charge is -2.25. The molecule has 0 bridgehead atoms. The van der Waals surface area contributed by atoms with Crippen molar-refractivity contribution in [3.05, 3.63) is 12.3 Å². The second-order valence-corrected chi connectivity index (χ2v) is 3.74. The van der Waals surface area contributed by atoms with Crippen LogP contribution in [0.3, 0.4) is 0 Å². The van der Waals surface area contributed by atoms with E-state index in [1.54, 1.807) is 28.9 Å². The molecule has 0 spiro atoms. The molecule has 1 amide bonds. The van der Waals surface area contributed by atoms with E-state index < -0.39 is 0 Å². The molecule has 1 aliphatic rings. The first-order valence-corrected chi connectivity index (χ1v) is 5.22. The fraction of sp³-hybridized carbons (Fsp3) is 0.600. The van der Waals surface area contributed by atoms with Crippen LogP contribution in [0.15, 0.2) is 12.3 Å². The van der Waals surface area contributed by atoms with Gasteiger partial charge in [0.05, 0.1) is 0 Å². The summed E-state index contributed by atoms with van der Waals surface area (Å²) in [4.78, 5) is 13.4. The fourth-order valence-electron chi connectivity index (χ4n) is 1.68. The molecule has 0 aromatic carbocycles. The number of likely N-dealkylation sites (tertiary alicyclic amines) is 1. The molecular formula is C10H15N3O2. The van der Waals surface area contributed by atoms with Crippen LogP contribution in [0.5, 0.6) is 5.88 Å². The summed E-state index contributed by atoms with van der Waals surface area (Å²) < 4.78 is 6.74. The van der Waals surface area contributed by atoms with Gasteiger partial charge in [0.15, 0.2) is 0 Å². The predicted molar refractivity (Wildman–Crippen MR) is 54.7 cm³/mol. The van der Waals surface area contributed by atoms with Crippen LogP contribution in [0.1, 0.15) is 19.3 Å². The Morgan fingerprint density at radius 1 is 1.40 bits per heavy atom. The minimum absolute atomic E-state index is 0.284. The zero-order valence-electron chi connectivity index (χ0n) is 8.85. The highest BCUT2D eigenvalue weighted by Gasteiger charge is 2.18. The first-order chi connectivity index (χ1) is 7.25. The first kappa shape index (κ1) is 10.0. The number of amides is 1. The average molecular weight is 209 g/mol. The zero-order chi connectivity index (χ0) is 10.7. The van der Waals surface area contributed by atoms with Crippen molar-refractivity contribution in [3.8, 4) is 5.88 Å². The van der Waals surface area contributed by atoms with Crippen LogP contribution >= 0.6 is 0 Å². The molecule has 0 saturated carbocycles. The Bertz CT molecular complexity index is 342. The molecule has 2 rings (SSSR count). The maximum atomic E-state index is 11.6. The number of piperidine rings is 1. The molecule has 1 fully saturated rings. The zero-order valence-corrected chi connectivity index (χ0v) is 8.85. The van der Waals surface area contributed by atoms with Crippen molar-refractivity contribution < 1.29 is 9.53 Å². The monoisotopic (exact) mass is 209 g/mol. The molecule has 15 heavy (non-hydrogen) atoms. The maximum absolute atomic E-state index is 11.6. The van der Waals surface area contributed by atoms with Crippen LogP contribution in [0.4, 0.5) is 4.79 Å². The lowest BCUT2D eigenvalue weighted by Crippen LogP contribution is -2.37. The minimum Gasteiger partial charge on any atom is -0.389 e. The summed E-state index contributed by atoms with van der Waals surface area (Å²) in [5.74, 6) is 0.369. The first-order valence-electron chi connectivity index (χ1n) is 5.22. The number of carbonyl (C=O) groups is 1. The van der Waals surface area contributed by atoms with E-state index in [1.165, 1.54) is 6.42 Å². The van der Waals surface area contributed by atoms with Crippen molar-refractivity contribution in [1.82, 2.24) is 14.7 Å². The van der Waals surface area contributed by atoms with E-state index in [4.69, 9.17) is 4.74 Å². The van der Waals surface area contributed by atoms with Crippen molar-refractivity contribution in [1.29, 1.82) is 0 Å². The highest BCUT2D eigenvalue weighted by atomic mass is 16.6. The summed E-state index contributed by atoms with van der Waals surface area (Å²) in [6, 6.07) is 1.68. The van der Waals surface area contributed by atoms with Gasteiger partial charge in [0.25, 0.3) is 0 Å². The Morgan fingerprint density at radius 2 is 2.13 bits per heavy atom. The number of hydrogen-bond acceptors (Lipinski definition) is 3. The lowest BCUT2D eigenvalue weighted by atomic mass is 10.1. The fourth-order valence-corrected chi connectivity index (χ4v) is 1.68. The van der Waals surface area contributed by atoms with E-state index in [2.05, 4.69) is 5.10 Å². The smallest absolute Gasteiger partial charge is 0.389 e. The van der Waals surface area contributed by atoms with E-state index in [9.17, 15) is 4.79 Å². The van der Waals surface area contributed by atoms with Gasteiger partial charge in [-0.3, -0.25) is 4.68 Å². The molecular weight excluding hydrogens is 194 g/mol. The number of hydrogen-bond donors (Lipinski definition) is 0. The van der Waals surface area contributed by atoms with Gasteiger partial charge < -0.3 is 9.64 Å². The highest BCUT2D eigenvalue weighted by molar-refractivity contribution is 5.70. The van der Waals surface area contributed by atoms with Crippen molar-refractivity contribution in [2.75, 3.05) is 13.1 Å². The molecule has 1 aromatic rings. The summed E-state index contributed by atoms with van der Waals surface area (Å²) in [6.45, 7) is 1.59. The summed E-state index contributed by atoms with van der Waals surface area (Å²) in [5, 5.41) is 3.99. The maximum Gasteiger partial charge on any atom is 0.416 e. The third-order valence-corrected chi connectivity index (χ3v) is 2.50. The van der Waals surface area contributed by atoms with Crippen LogP contribution < -0.4 is 4.74 Å². The molecule has 1 aliphatic heterocycles. The van der Waals surface area contributed by atoms with E-state index in [0.29, 0.717) is 5.88 Å². The number of aromatic nitrogens is 2. The van der Waals surface area contributed by atoms with E-state index >= 15 is 0 Å². The second kappa shape index (κ2) is 4.33. The third-order valence-electron chi connectivity index (χ3n) is 2.50. The molecule has 0 N–H and O–H groups in total. The number of carbonyl (C=O) groups excluding carboxylic acids is 1. The van der Waals surface area contributed by atoms with Gasteiger partial charge in [-0.15, -0.1) is 5.10 Å². The van der Waals surface area contributed by atoms with Gasteiger partial charge in [-0.25, -0.2) is 4.79 Å². The Kier molecular flexibility index (Phi) is 2.89. The molecule has 1 saturated heterocycles. The normalized spacial score (nSPS) is 16.5. The summed E-state index contributed by atoms with van der Waals surface area (Å²) >= 11 is 0. The SMILES string of the molecule is Cn1ccc(OC(=O)N2CCCCC2)n1.